The second kappa shape index (κ2) is 68.5. The second-order valence-electron chi connectivity index (χ2n) is 25.6. The maximum atomic E-state index is 13.0. The maximum Gasteiger partial charge on any atom is 0.472 e. The van der Waals surface area contributed by atoms with Gasteiger partial charge in [0.1, 0.15) is 19.3 Å². The van der Waals surface area contributed by atoms with Gasteiger partial charge >= 0.3 is 39.5 Å². The number of esters is 4. The lowest BCUT2D eigenvalue weighted by atomic mass is 10.0. The molecule has 17 nitrogen and oxygen atoms in total. The Balaban J connectivity index is 5.30. The van der Waals surface area contributed by atoms with Gasteiger partial charge in [-0.3, -0.25) is 37.3 Å². The Hall–Kier alpha value is -2.98. The fraction of sp³-hybridized carbons (Fsp3) is 0.840. The van der Waals surface area contributed by atoms with Crippen molar-refractivity contribution in [2.75, 3.05) is 39.6 Å². The molecule has 0 saturated carbocycles. The smallest absolute Gasteiger partial charge is 0.462 e. The van der Waals surface area contributed by atoms with Crippen molar-refractivity contribution in [2.45, 2.75) is 367 Å². The van der Waals surface area contributed by atoms with Crippen LogP contribution in [0.15, 0.2) is 48.6 Å². The zero-order valence-electron chi connectivity index (χ0n) is 59.9. The van der Waals surface area contributed by atoms with Gasteiger partial charge in [0.05, 0.1) is 26.4 Å². The Morgan fingerprint density at radius 1 is 0.309 bits per heavy atom. The van der Waals surface area contributed by atoms with Crippen molar-refractivity contribution in [2.24, 2.45) is 0 Å². The van der Waals surface area contributed by atoms with Gasteiger partial charge in [-0.15, -0.1) is 0 Å². The summed E-state index contributed by atoms with van der Waals surface area (Å²) < 4.78 is 68.4. The normalized spacial score (nSPS) is 14.2. The summed E-state index contributed by atoms with van der Waals surface area (Å²) in [4.78, 5) is 72.7. The van der Waals surface area contributed by atoms with Gasteiger partial charge in [0.15, 0.2) is 12.2 Å². The van der Waals surface area contributed by atoms with Gasteiger partial charge in [0.2, 0.25) is 0 Å². The number of aliphatic hydroxyl groups excluding tert-OH is 1. The molecule has 0 spiro atoms. The minimum atomic E-state index is -4.97. The number of ether oxygens (including phenoxy) is 4. The highest BCUT2D eigenvalue weighted by molar-refractivity contribution is 7.47. The van der Waals surface area contributed by atoms with Crippen LogP contribution in [0.2, 0.25) is 0 Å². The number of allylic oxidation sites excluding steroid dienone is 8. The van der Waals surface area contributed by atoms with Crippen molar-refractivity contribution in [3.05, 3.63) is 48.6 Å². The Morgan fingerprint density at radius 3 is 0.851 bits per heavy atom. The van der Waals surface area contributed by atoms with E-state index in [-0.39, 0.29) is 25.7 Å². The fourth-order valence-electron chi connectivity index (χ4n) is 10.6. The van der Waals surface area contributed by atoms with Crippen LogP contribution in [0.4, 0.5) is 0 Å². The molecule has 3 N–H and O–H groups in total. The molecule has 5 atom stereocenters. The first kappa shape index (κ1) is 91.0. The fourth-order valence-corrected chi connectivity index (χ4v) is 12.1. The van der Waals surface area contributed by atoms with Crippen LogP contribution in [0.25, 0.3) is 0 Å². The summed E-state index contributed by atoms with van der Waals surface area (Å²) in [6, 6.07) is 0. The van der Waals surface area contributed by atoms with E-state index in [1.165, 1.54) is 161 Å². The number of hydrogen-bond donors (Lipinski definition) is 3. The maximum absolute atomic E-state index is 13.0. The van der Waals surface area contributed by atoms with Gasteiger partial charge in [-0.25, -0.2) is 9.13 Å². The van der Waals surface area contributed by atoms with Gasteiger partial charge in [-0.2, -0.15) is 0 Å². The zero-order chi connectivity index (χ0) is 69.0. The number of carbonyl (C=O) groups excluding carboxylic acids is 4. The average Bonchev–Trinajstić information content (AvgIpc) is 1.55. The molecule has 0 aromatic rings. The highest BCUT2D eigenvalue weighted by Crippen LogP contribution is 2.45. The summed E-state index contributed by atoms with van der Waals surface area (Å²) in [5, 5.41) is 10.6. The molecule has 0 amide bonds. The molecule has 0 saturated heterocycles. The number of carbonyl (C=O) groups is 4. The molecule has 5 unspecified atom stereocenters. The van der Waals surface area contributed by atoms with Crippen molar-refractivity contribution >= 4 is 39.5 Å². The van der Waals surface area contributed by atoms with Crippen molar-refractivity contribution in [1.29, 1.82) is 0 Å². The molecule has 0 aromatic carbocycles. The standard InChI is InChI=1S/C75H138O17P2/c1-5-9-13-17-21-25-29-32-34-37-40-43-47-51-55-59-72(77)85-65-70(91-74(79)61-57-53-49-45-39-28-24-20-16-12-8-4)67-89-93(81,82)87-63-69(76)64-88-94(83,84)90-68-71(92-75(80)62-58-54-50-46-42-36-31-27-23-19-15-11-7-3)66-86-73(78)60-56-52-48-44-41-38-35-33-30-26-22-18-14-10-6-2/h10,14,22,26,33,35,41,44,69-71,76H,5-9,11-13,15-21,23-25,27-32,34,36-40,42-43,45-68H2,1-4H3,(H,81,82)(H,83,84)/b14-10-,26-22-,35-33-,44-41-. The van der Waals surface area contributed by atoms with Gasteiger partial charge < -0.3 is 33.8 Å². The van der Waals surface area contributed by atoms with Crippen LogP contribution in [0, 0.1) is 0 Å². The third-order valence-corrected chi connectivity index (χ3v) is 18.2. The van der Waals surface area contributed by atoms with Gasteiger partial charge in [-0.1, -0.05) is 307 Å². The summed E-state index contributed by atoms with van der Waals surface area (Å²) in [6.45, 7) is 4.77. The predicted octanol–water partition coefficient (Wildman–Crippen LogP) is 21.3. The number of aliphatic hydroxyl groups is 1. The molecule has 0 aliphatic carbocycles. The number of phosphoric ester groups is 2. The lowest BCUT2D eigenvalue weighted by molar-refractivity contribution is -0.161. The Kier molecular flexibility index (Phi) is 66.4. The number of phosphoric acid groups is 2. The minimum absolute atomic E-state index is 0.0930. The molecular formula is C75H138O17P2. The van der Waals surface area contributed by atoms with E-state index in [0.29, 0.717) is 25.7 Å². The lowest BCUT2D eigenvalue weighted by Gasteiger charge is -2.21. The van der Waals surface area contributed by atoms with Gasteiger partial charge in [0, 0.05) is 25.7 Å². The minimum Gasteiger partial charge on any atom is -0.462 e. The molecule has 19 heteroatoms. The van der Waals surface area contributed by atoms with Crippen LogP contribution >= 0.6 is 15.6 Å². The first-order valence-electron chi connectivity index (χ1n) is 37.9. The van der Waals surface area contributed by atoms with E-state index in [4.69, 9.17) is 37.0 Å². The van der Waals surface area contributed by atoms with Gasteiger partial charge in [-0.05, 0) is 64.2 Å². The topological polar surface area (TPSA) is 237 Å². The summed E-state index contributed by atoms with van der Waals surface area (Å²) >= 11 is 0. The predicted molar refractivity (Wildman–Crippen MR) is 381 cm³/mol. The van der Waals surface area contributed by atoms with E-state index >= 15 is 0 Å². The molecular weight excluding hydrogens is 1230 g/mol. The molecule has 0 aliphatic heterocycles. The largest absolute Gasteiger partial charge is 0.472 e. The monoisotopic (exact) mass is 1370 g/mol. The van der Waals surface area contributed by atoms with Crippen molar-refractivity contribution in [3.8, 4) is 0 Å². The molecule has 94 heavy (non-hydrogen) atoms. The first-order chi connectivity index (χ1) is 45.7. The third-order valence-electron chi connectivity index (χ3n) is 16.3. The summed E-state index contributed by atoms with van der Waals surface area (Å²) in [6.07, 6.45) is 64.0. The summed E-state index contributed by atoms with van der Waals surface area (Å²) in [7, 11) is -9.93. The average molecular weight is 1370 g/mol. The van der Waals surface area contributed by atoms with E-state index in [1.54, 1.807) is 0 Å². The molecule has 550 valence electrons. The van der Waals surface area contributed by atoms with Crippen molar-refractivity contribution in [3.63, 3.8) is 0 Å². The summed E-state index contributed by atoms with van der Waals surface area (Å²) in [5.74, 6) is -2.18. The van der Waals surface area contributed by atoms with Crippen LogP contribution in [0.3, 0.4) is 0 Å². The molecule has 0 aromatic heterocycles. The quantitative estimate of drug-likeness (QED) is 0.0169. The molecule has 0 heterocycles. The Morgan fingerprint density at radius 2 is 0.553 bits per heavy atom. The summed E-state index contributed by atoms with van der Waals surface area (Å²) in [5.41, 5.74) is 0. The van der Waals surface area contributed by atoms with Crippen LogP contribution in [-0.2, 0) is 65.4 Å². The number of rotatable bonds is 72. The Bertz CT molecular complexity index is 1980. The van der Waals surface area contributed by atoms with Crippen molar-refractivity contribution in [1.82, 2.24) is 0 Å². The zero-order valence-corrected chi connectivity index (χ0v) is 61.7. The number of hydrogen-bond acceptors (Lipinski definition) is 15. The molecule has 0 bridgehead atoms. The second-order valence-corrected chi connectivity index (χ2v) is 28.5. The van der Waals surface area contributed by atoms with Crippen molar-refractivity contribution < 1.29 is 80.2 Å². The van der Waals surface area contributed by atoms with E-state index < -0.39 is 97.5 Å². The SMILES string of the molecule is CC/C=C\C/C=C\C/C=C\C/C=C\CCCCC(=O)OCC(COP(=O)(O)OCC(O)COP(=O)(O)OCC(COC(=O)CCCCCCCCCCCCCCCCC)OC(=O)CCCCCCCCCCCCC)OC(=O)CCCCCCCCCCCCCCC. The van der Waals surface area contributed by atoms with Crippen LogP contribution < -0.4 is 0 Å². The van der Waals surface area contributed by atoms with Crippen LogP contribution in [0.5, 0.6) is 0 Å². The Labute approximate surface area is 572 Å². The van der Waals surface area contributed by atoms with Crippen LogP contribution in [0.1, 0.15) is 349 Å². The van der Waals surface area contributed by atoms with Gasteiger partial charge in [0.25, 0.3) is 0 Å². The van der Waals surface area contributed by atoms with E-state index in [9.17, 15) is 43.2 Å². The third kappa shape index (κ3) is 67.6. The van der Waals surface area contributed by atoms with Crippen LogP contribution in [-0.4, -0.2) is 96.7 Å². The molecule has 0 aliphatic rings. The first-order valence-corrected chi connectivity index (χ1v) is 40.9. The highest BCUT2D eigenvalue weighted by atomic mass is 31.2. The lowest BCUT2D eigenvalue weighted by Crippen LogP contribution is -2.30. The molecule has 0 rings (SSSR count). The number of unbranched alkanes of at least 4 members (excludes halogenated alkanes) is 38. The van der Waals surface area contributed by atoms with E-state index in [0.717, 1.165) is 109 Å². The highest BCUT2D eigenvalue weighted by Gasteiger charge is 2.30. The molecule has 0 fully saturated rings. The van der Waals surface area contributed by atoms with E-state index in [2.05, 4.69) is 76.3 Å². The molecule has 0 radical (unpaired) electrons. The van der Waals surface area contributed by atoms with E-state index in [1.807, 2.05) is 0 Å².